The van der Waals surface area contributed by atoms with Crippen LogP contribution in [0.4, 0.5) is 4.79 Å². The van der Waals surface area contributed by atoms with E-state index < -0.39 is 0 Å². The van der Waals surface area contributed by atoms with Crippen LogP contribution in [-0.4, -0.2) is 22.6 Å². The molecule has 32 heavy (non-hydrogen) atoms. The molecule has 0 aliphatic carbocycles. The van der Waals surface area contributed by atoms with Gasteiger partial charge in [-0.2, -0.15) is 0 Å². The summed E-state index contributed by atoms with van der Waals surface area (Å²) in [6.45, 7) is 0.943. The zero-order valence-electron chi connectivity index (χ0n) is 17.9. The summed E-state index contributed by atoms with van der Waals surface area (Å²) in [5, 5.41) is 3.12. The van der Waals surface area contributed by atoms with Crippen LogP contribution in [0.1, 0.15) is 28.4 Å². The third kappa shape index (κ3) is 3.73. The number of fused-ring (bicyclic) bond motifs is 3. The number of para-hydroxylation sites is 1. The molecule has 0 saturated heterocycles. The molecular weight excluding hydrogens is 398 g/mol. The molecule has 160 valence electrons. The number of benzene rings is 3. The summed E-state index contributed by atoms with van der Waals surface area (Å²) in [6, 6.07) is 30.1. The highest BCUT2D eigenvalue weighted by Gasteiger charge is 2.32. The van der Waals surface area contributed by atoms with Gasteiger partial charge >= 0.3 is 6.03 Å². The first-order valence-corrected chi connectivity index (χ1v) is 10.7. The maximum atomic E-state index is 13.6. The number of carbonyl (C=O) groups is 1. The zero-order chi connectivity index (χ0) is 21.9. The number of aromatic nitrogens is 1. The molecule has 4 aromatic rings. The molecule has 0 fully saturated rings. The average Bonchev–Trinajstić information content (AvgIpc) is 3.27. The van der Waals surface area contributed by atoms with E-state index in [2.05, 4.69) is 46.4 Å². The molecule has 1 aliphatic heterocycles. The van der Waals surface area contributed by atoms with Gasteiger partial charge in [0.15, 0.2) is 0 Å². The van der Waals surface area contributed by atoms with Crippen molar-refractivity contribution in [1.29, 1.82) is 0 Å². The summed E-state index contributed by atoms with van der Waals surface area (Å²) < 4.78 is 7.51. The lowest BCUT2D eigenvalue weighted by Crippen LogP contribution is -2.41. The van der Waals surface area contributed by atoms with Crippen LogP contribution in [0.5, 0.6) is 5.75 Å². The Hall–Kier alpha value is -3.99. The first-order valence-electron chi connectivity index (χ1n) is 10.7. The number of carbonyl (C=O) groups excluding carboxylic acids is 1. The quantitative estimate of drug-likeness (QED) is 0.484. The van der Waals surface area contributed by atoms with Crippen molar-refractivity contribution in [3.63, 3.8) is 0 Å². The molecule has 0 spiro atoms. The molecule has 1 aliphatic rings. The first-order chi connectivity index (χ1) is 15.7. The Kier molecular flexibility index (Phi) is 5.38. The number of amides is 2. The average molecular weight is 424 g/mol. The van der Waals surface area contributed by atoms with Crippen LogP contribution >= 0.6 is 0 Å². The fourth-order valence-corrected chi connectivity index (χ4v) is 4.39. The van der Waals surface area contributed by atoms with Crippen LogP contribution in [-0.2, 0) is 13.1 Å². The van der Waals surface area contributed by atoms with Crippen LogP contribution < -0.4 is 10.1 Å². The predicted molar refractivity (Wildman–Crippen MR) is 125 cm³/mol. The van der Waals surface area contributed by atoms with Crippen LogP contribution in [0.2, 0.25) is 0 Å². The van der Waals surface area contributed by atoms with Crippen molar-refractivity contribution >= 4 is 6.03 Å². The molecule has 2 heterocycles. The third-order valence-corrected chi connectivity index (χ3v) is 5.92. The number of ether oxygens (including phenoxy) is 1. The van der Waals surface area contributed by atoms with Crippen LogP contribution in [0.15, 0.2) is 97.2 Å². The summed E-state index contributed by atoms with van der Waals surface area (Å²) >= 11 is 0. The van der Waals surface area contributed by atoms with Crippen molar-refractivity contribution in [2.45, 2.75) is 19.1 Å². The normalized spacial score (nSPS) is 14.8. The van der Waals surface area contributed by atoms with Gasteiger partial charge in [0.2, 0.25) is 0 Å². The van der Waals surface area contributed by atoms with Crippen LogP contribution in [0.25, 0.3) is 5.69 Å². The van der Waals surface area contributed by atoms with Crippen molar-refractivity contribution in [2.75, 3.05) is 7.11 Å². The Balaban J connectivity index is 1.52. The number of nitrogens with one attached hydrogen (secondary N) is 1. The van der Waals surface area contributed by atoms with Crippen molar-refractivity contribution in [3.8, 4) is 11.4 Å². The maximum Gasteiger partial charge on any atom is 0.318 e. The van der Waals surface area contributed by atoms with Gasteiger partial charge in [-0.05, 0) is 47.0 Å². The molecule has 0 bridgehead atoms. The highest BCUT2D eigenvalue weighted by molar-refractivity contribution is 5.76. The Morgan fingerprint density at radius 1 is 0.969 bits per heavy atom. The lowest BCUT2D eigenvalue weighted by Gasteiger charge is -2.31. The van der Waals surface area contributed by atoms with Gasteiger partial charge in [0, 0.05) is 18.4 Å². The topological polar surface area (TPSA) is 46.5 Å². The summed E-state index contributed by atoms with van der Waals surface area (Å²) in [5.41, 5.74) is 5.36. The number of hydrogen-bond acceptors (Lipinski definition) is 2. The minimum Gasteiger partial charge on any atom is -0.497 e. The van der Waals surface area contributed by atoms with E-state index in [0.717, 1.165) is 33.8 Å². The lowest BCUT2D eigenvalue weighted by atomic mass is 10.0. The van der Waals surface area contributed by atoms with Crippen molar-refractivity contribution in [1.82, 2.24) is 14.8 Å². The second-order valence-electron chi connectivity index (χ2n) is 7.88. The molecule has 0 saturated carbocycles. The molecule has 5 heteroatoms. The van der Waals surface area contributed by atoms with E-state index in [0.29, 0.717) is 13.1 Å². The van der Waals surface area contributed by atoms with E-state index in [4.69, 9.17) is 4.74 Å². The smallest absolute Gasteiger partial charge is 0.318 e. The third-order valence-electron chi connectivity index (χ3n) is 5.92. The molecule has 1 aromatic heterocycles. The number of methoxy groups -OCH3 is 1. The van der Waals surface area contributed by atoms with Crippen molar-refractivity contribution in [3.05, 3.63) is 120 Å². The Morgan fingerprint density at radius 3 is 2.62 bits per heavy atom. The number of nitrogens with zero attached hydrogens (tertiary/aromatic N) is 2. The second kappa shape index (κ2) is 8.63. The molecular formula is C27H25N3O2. The lowest BCUT2D eigenvalue weighted by molar-refractivity contribution is 0.180. The molecule has 1 atom stereocenters. The largest absolute Gasteiger partial charge is 0.497 e. The van der Waals surface area contributed by atoms with E-state index in [1.54, 1.807) is 7.11 Å². The van der Waals surface area contributed by atoms with Gasteiger partial charge in [0.05, 0.1) is 25.4 Å². The summed E-state index contributed by atoms with van der Waals surface area (Å²) in [7, 11) is 1.64. The standard InChI is InChI=1S/C27H25N3O2/c1-32-23-13-7-9-20(17-23)18-28-27(31)30-19-22-12-5-6-14-24(22)29-16-8-15-25(29)26(30)21-10-3-2-4-11-21/h2-17,26H,18-19H2,1H3,(H,28,31)/t26-/m0/s1. The van der Waals surface area contributed by atoms with Gasteiger partial charge in [0.25, 0.3) is 0 Å². The molecule has 1 N–H and O–H groups in total. The summed E-state index contributed by atoms with van der Waals surface area (Å²) in [5.74, 6) is 0.778. The van der Waals surface area contributed by atoms with Gasteiger partial charge in [0.1, 0.15) is 5.75 Å². The van der Waals surface area contributed by atoms with E-state index in [-0.39, 0.29) is 12.1 Å². The fourth-order valence-electron chi connectivity index (χ4n) is 4.39. The Bertz CT molecular complexity index is 1230. The summed E-state index contributed by atoms with van der Waals surface area (Å²) in [4.78, 5) is 15.5. The van der Waals surface area contributed by atoms with E-state index >= 15 is 0 Å². The van der Waals surface area contributed by atoms with Gasteiger partial charge < -0.3 is 19.5 Å². The van der Waals surface area contributed by atoms with Gasteiger partial charge in [-0.15, -0.1) is 0 Å². The maximum absolute atomic E-state index is 13.6. The summed E-state index contributed by atoms with van der Waals surface area (Å²) in [6.07, 6.45) is 2.07. The molecule has 5 nitrogen and oxygen atoms in total. The molecule has 2 amide bonds. The number of hydrogen-bond donors (Lipinski definition) is 1. The van der Waals surface area contributed by atoms with Crippen molar-refractivity contribution in [2.24, 2.45) is 0 Å². The van der Waals surface area contributed by atoms with E-state index in [1.807, 2.05) is 65.6 Å². The minimum atomic E-state index is -0.205. The number of rotatable bonds is 4. The monoisotopic (exact) mass is 423 g/mol. The SMILES string of the molecule is COc1cccc(CNC(=O)N2Cc3ccccc3-n3cccc3[C@@H]2c2ccccc2)c1. The molecule has 0 radical (unpaired) electrons. The zero-order valence-corrected chi connectivity index (χ0v) is 17.9. The Morgan fingerprint density at radius 2 is 1.78 bits per heavy atom. The van der Waals surface area contributed by atoms with Gasteiger partial charge in [-0.3, -0.25) is 0 Å². The first kappa shape index (κ1) is 19.9. The highest BCUT2D eigenvalue weighted by atomic mass is 16.5. The molecule has 3 aromatic carbocycles. The van der Waals surface area contributed by atoms with Crippen molar-refractivity contribution < 1.29 is 9.53 Å². The predicted octanol–water partition coefficient (Wildman–Crippen LogP) is 5.30. The van der Waals surface area contributed by atoms with E-state index in [1.165, 1.54) is 0 Å². The van der Waals surface area contributed by atoms with Crippen LogP contribution in [0.3, 0.4) is 0 Å². The second-order valence-corrected chi connectivity index (χ2v) is 7.88. The minimum absolute atomic E-state index is 0.105. The Labute approximate surface area is 187 Å². The fraction of sp³-hybridized carbons (Fsp3) is 0.148. The molecule has 0 unspecified atom stereocenters. The molecule has 5 rings (SSSR count). The number of urea groups is 1. The van der Waals surface area contributed by atoms with Crippen LogP contribution in [0, 0.1) is 0 Å². The van der Waals surface area contributed by atoms with Gasteiger partial charge in [-0.1, -0.05) is 60.7 Å². The highest BCUT2D eigenvalue weighted by Crippen LogP contribution is 2.36. The van der Waals surface area contributed by atoms with Gasteiger partial charge in [-0.25, -0.2) is 4.79 Å². The van der Waals surface area contributed by atoms with E-state index in [9.17, 15) is 4.79 Å².